The van der Waals surface area contributed by atoms with Gasteiger partial charge in [0.05, 0.1) is 15.4 Å². The standard InChI is InChI=1S/C13H7ClF3NO2S/c14-8-5-6-12(10(7-8)18(19)20)21-11-4-2-1-3-9(11)13(15,16)17/h1-7H. The Labute approximate surface area is 126 Å². The van der Waals surface area contributed by atoms with Crippen molar-refractivity contribution in [2.24, 2.45) is 0 Å². The number of benzene rings is 2. The Morgan fingerprint density at radius 1 is 1.10 bits per heavy atom. The highest BCUT2D eigenvalue weighted by Crippen LogP contribution is 2.42. The third kappa shape index (κ3) is 3.68. The van der Waals surface area contributed by atoms with Crippen LogP contribution in [0.5, 0.6) is 0 Å². The largest absolute Gasteiger partial charge is 0.417 e. The van der Waals surface area contributed by atoms with Crippen molar-refractivity contribution in [2.45, 2.75) is 16.0 Å². The van der Waals surface area contributed by atoms with E-state index in [2.05, 4.69) is 0 Å². The van der Waals surface area contributed by atoms with Crippen LogP contribution in [0.3, 0.4) is 0 Å². The summed E-state index contributed by atoms with van der Waals surface area (Å²) in [6.45, 7) is 0. The zero-order chi connectivity index (χ0) is 15.6. The van der Waals surface area contributed by atoms with Gasteiger partial charge in [-0.05, 0) is 24.3 Å². The van der Waals surface area contributed by atoms with E-state index in [9.17, 15) is 23.3 Å². The van der Waals surface area contributed by atoms with E-state index in [0.717, 1.165) is 12.1 Å². The van der Waals surface area contributed by atoms with E-state index in [4.69, 9.17) is 11.6 Å². The molecular formula is C13H7ClF3NO2S. The highest BCUT2D eigenvalue weighted by molar-refractivity contribution is 7.99. The summed E-state index contributed by atoms with van der Waals surface area (Å²) < 4.78 is 38.7. The molecule has 8 heteroatoms. The van der Waals surface area contributed by atoms with Crippen LogP contribution in [-0.4, -0.2) is 4.92 Å². The maximum absolute atomic E-state index is 12.9. The van der Waals surface area contributed by atoms with Crippen LogP contribution in [0, 0.1) is 10.1 Å². The zero-order valence-electron chi connectivity index (χ0n) is 10.2. The van der Waals surface area contributed by atoms with E-state index in [0.29, 0.717) is 11.8 Å². The maximum atomic E-state index is 12.9. The number of nitrogens with zero attached hydrogens (tertiary/aromatic N) is 1. The van der Waals surface area contributed by atoms with Gasteiger partial charge in [0.15, 0.2) is 0 Å². The SMILES string of the molecule is O=[N+]([O-])c1cc(Cl)ccc1Sc1ccccc1C(F)(F)F. The first-order valence-corrected chi connectivity index (χ1v) is 6.76. The van der Waals surface area contributed by atoms with Crippen LogP contribution < -0.4 is 0 Å². The molecule has 2 aromatic carbocycles. The number of hydrogen-bond donors (Lipinski definition) is 0. The number of rotatable bonds is 3. The monoisotopic (exact) mass is 333 g/mol. The molecule has 0 aliphatic carbocycles. The molecule has 2 aromatic rings. The van der Waals surface area contributed by atoms with Crippen molar-refractivity contribution in [1.29, 1.82) is 0 Å². The fourth-order valence-corrected chi connectivity index (χ4v) is 2.85. The van der Waals surface area contributed by atoms with Gasteiger partial charge in [0, 0.05) is 16.0 Å². The molecule has 110 valence electrons. The topological polar surface area (TPSA) is 43.1 Å². The minimum Gasteiger partial charge on any atom is -0.258 e. The van der Waals surface area contributed by atoms with Gasteiger partial charge >= 0.3 is 6.18 Å². The van der Waals surface area contributed by atoms with E-state index in [-0.39, 0.29) is 20.5 Å². The summed E-state index contributed by atoms with van der Waals surface area (Å²) in [4.78, 5) is 10.3. The molecule has 0 aliphatic rings. The van der Waals surface area contributed by atoms with Gasteiger partial charge in [-0.3, -0.25) is 10.1 Å². The molecule has 0 radical (unpaired) electrons. The van der Waals surface area contributed by atoms with Crippen molar-refractivity contribution < 1.29 is 18.1 Å². The summed E-state index contributed by atoms with van der Waals surface area (Å²) >= 11 is 6.36. The lowest BCUT2D eigenvalue weighted by molar-refractivity contribution is -0.387. The van der Waals surface area contributed by atoms with E-state index < -0.39 is 16.7 Å². The van der Waals surface area contributed by atoms with Gasteiger partial charge in [-0.1, -0.05) is 35.5 Å². The fraction of sp³-hybridized carbons (Fsp3) is 0.0769. The summed E-state index contributed by atoms with van der Waals surface area (Å²) in [5.41, 5.74) is -1.16. The minimum atomic E-state index is -4.52. The third-order valence-electron chi connectivity index (χ3n) is 2.53. The van der Waals surface area contributed by atoms with Gasteiger partial charge in [0.25, 0.3) is 5.69 Å². The van der Waals surface area contributed by atoms with Crippen LogP contribution in [0.15, 0.2) is 52.3 Å². The van der Waals surface area contributed by atoms with Gasteiger partial charge in [-0.2, -0.15) is 13.2 Å². The second-order valence-corrected chi connectivity index (χ2v) is 5.49. The second-order valence-electron chi connectivity index (χ2n) is 3.97. The molecule has 0 N–H and O–H groups in total. The van der Waals surface area contributed by atoms with Crippen LogP contribution in [-0.2, 0) is 6.18 Å². The average molecular weight is 334 g/mol. The fourth-order valence-electron chi connectivity index (χ4n) is 1.63. The Kier molecular flexibility index (Phi) is 4.43. The highest BCUT2D eigenvalue weighted by atomic mass is 35.5. The number of halogens is 4. The molecule has 0 aliphatic heterocycles. The molecule has 0 aromatic heterocycles. The first-order valence-electron chi connectivity index (χ1n) is 5.57. The molecular weight excluding hydrogens is 327 g/mol. The first kappa shape index (κ1) is 15.7. The Bertz CT molecular complexity index is 691. The lowest BCUT2D eigenvalue weighted by atomic mass is 10.2. The van der Waals surface area contributed by atoms with Crippen LogP contribution in [0.25, 0.3) is 0 Å². The second kappa shape index (κ2) is 5.95. The van der Waals surface area contributed by atoms with Crippen molar-refractivity contribution in [3.8, 4) is 0 Å². The molecule has 0 atom stereocenters. The summed E-state index contributed by atoms with van der Waals surface area (Å²) in [5.74, 6) is 0. The summed E-state index contributed by atoms with van der Waals surface area (Å²) in [6, 6.07) is 8.75. The van der Waals surface area contributed by atoms with E-state index in [1.807, 2.05) is 0 Å². The molecule has 0 unspecified atom stereocenters. The zero-order valence-corrected chi connectivity index (χ0v) is 11.8. The molecule has 0 heterocycles. The Hall–Kier alpha value is -1.73. The quantitative estimate of drug-likeness (QED) is 0.556. The normalized spacial score (nSPS) is 11.4. The van der Waals surface area contributed by atoms with Crippen LogP contribution in [0.1, 0.15) is 5.56 Å². The first-order chi connectivity index (χ1) is 9.79. The van der Waals surface area contributed by atoms with Gasteiger partial charge in [-0.15, -0.1) is 0 Å². The van der Waals surface area contributed by atoms with Crippen molar-refractivity contribution in [3.05, 3.63) is 63.2 Å². The smallest absolute Gasteiger partial charge is 0.258 e. The molecule has 0 saturated carbocycles. The Balaban J connectivity index is 2.47. The predicted molar refractivity (Wildman–Crippen MR) is 73.7 cm³/mol. The molecule has 0 amide bonds. The Morgan fingerprint density at radius 2 is 1.76 bits per heavy atom. The van der Waals surface area contributed by atoms with Crippen LogP contribution >= 0.6 is 23.4 Å². The lowest BCUT2D eigenvalue weighted by Gasteiger charge is -2.12. The molecule has 21 heavy (non-hydrogen) atoms. The van der Waals surface area contributed by atoms with Gasteiger partial charge in [0.1, 0.15) is 0 Å². The maximum Gasteiger partial charge on any atom is 0.417 e. The van der Waals surface area contributed by atoms with Gasteiger partial charge in [0.2, 0.25) is 0 Å². The predicted octanol–water partition coefficient (Wildman–Crippen LogP) is 5.42. The van der Waals surface area contributed by atoms with Crippen LogP contribution in [0.4, 0.5) is 18.9 Å². The lowest BCUT2D eigenvalue weighted by Crippen LogP contribution is -2.06. The van der Waals surface area contributed by atoms with Gasteiger partial charge in [-0.25, -0.2) is 0 Å². The molecule has 2 rings (SSSR count). The summed E-state index contributed by atoms with van der Waals surface area (Å²) in [6.07, 6.45) is -4.52. The molecule has 0 fully saturated rings. The molecule has 0 bridgehead atoms. The van der Waals surface area contributed by atoms with Gasteiger partial charge < -0.3 is 0 Å². The van der Waals surface area contributed by atoms with Crippen molar-refractivity contribution >= 4 is 29.1 Å². The van der Waals surface area contributed by atoms with E-state index >= 15 is 0 Å². The number of nitro groups is 1. The molecule has 3 nitrogen and oxygen atoms in total. The highest BCUT2D eigenvalue weighted by Gasteiger charge is 2.33. The number of alkyl halides is 3. The third-order valence-corrected chi connectivity index (χ3v) is 3.91. The summed E-state index contributed by atoms with van der Waals surface area (Å²) in [5, 5.41) is 11.1. The van der Waals surface area contributed by atoms with E-state index in [1.54, 1.807) is 0 Å². The van der Waals surface area contributed by atoms with Crippen molar-refractivity contribution in [3.63, 3.8) is 0 Å². The number of hydrogen-bond acceptors (Lipinski definition) is 3. The number of nitro benzene ring substituents is 1. The molecule has 0 saturated heterocycles. The minimum absolute atomic E-state index is 0.0982. The average Bonchev–Trinajstić information content (AvgIpc) is 2.40. The van der Waals surface area contributed by atoms with Crippen molar-refractivity contribution in [1.82, 2.24) is 0 Å². The van der Waals surface area contributed by atoms with E-state index in [1.165, 1.54) is 30.3 Å². The van der Waals surface area contributed by atoms with Crippen LogP contribution in [0.2, 0.25) is 5.02 Å². The summed E-state index contributed by atoms with van der Waals surface area (Å²) in [7, 11) is 0. The molecule has 0 spiro atoms. The Morgan fingerprint density at radius 3 is 2.38 bits per heavy atom. The van der Waals surface area contributed by atoms with Crippen molar-refractivity contribution in [2.75, 3.05) is 0 Å².